The van der Waals surface area contributed by atoms with Gasteiger partial charge in [0.1, 0.15) is 11.6 Å². The number of rotatable bonds is 5. The molecule has 4 rings (SSSR count). The lowest BCUT2D eigenvalue weighted by Gasteiger charge is -2.28. The van der Waals surface area contributed by atoms with E-state index in [1.54, 1.807) is 35.7 Å². The molecule has 1 fully saturated rings. The lowest BCUT2D eigenvalue weighted by Crippen LogP contribution is -2.38. The molecule has 0 radical (unpaired) electrons. The highest BCUT2D eigenvalue weighted by atomic mass is 32.2. The summed E-state index contributed by atoms with van der Waals surface area (Å²) in [5.74, 6) is 2.18. The van der Waals surface area contributed by atoms with Crippen molar-refractivity contribution in [3.8, 4) is 5.75 Å². The molecule has 0 bridgehead atoms. The summed E-state index contributed by atoms with van der Waals surface area (Å²) in [6, 6.07) is 6.52. The molecular formula is C21H29N5O4S. The zero-order valence-electron chi connectivity index (χ0n) is 18.2. The molecule has 2 aliphatic heterocycles. The fourth-order valence-corrected chi connectivity index (χ4v) is 5.40. The Morgan fingerprint density at radius 3 is 2.32 bits per heavy atom. The van der Waals surface area contributed by atoms with Gasteiger partial charge in [-0.3, -0.25) is 0 Å². The van der Waals surface area contributed by atoms with Crippen LogP contribution in [0.15, 0.2) is 29.2 Å². The van der Waals surface area contributed by atoms with Gasteiger partial charge >= 0.3 is 0 Å². The van der Waals surface area contributed by atoms with Crippen molar-refractivity contribution < 1.29 is 17.9 Å². The summed E-state index contributed by atoms with van der Waals surface area (Å²) in [6.07, 6.45) is 1.12. The summed E-state index contributed by atoms with van der Waals surface area (Å²) in [6.45, 7) is 3.60. The van der Waals surface area contributed by atoms with Gasteiger partial charge in [0.2, 0.25) is 16.0 Å². The van der Waals surface area contributed by atoms with E-state index in [1.807, 2.05) is 19.0 Å². The minimum Gasteiger partial charge on any atom is -0.497 e. The number of nitrogens with zero attached hydrogens (tertiary/aromatic N) is 5. The summed E-state index contributed by atoms with van der Waals surface area (Å²) in [5, 5.41) is 0. The average molecular weight is 448 g/mol. The van der Waals surface area contributed by atoms with Crippen LogP contribution in [0.25, 0.3) is 0 Å². The normalized spacial score (nSPS) is 17.7. The highest BCUT2D eigenvalue weighted by Gasteiger charge is 2.29. The largest absolute Gasteiger partial charge is 0.497 e. The zero-order valence-corrected chi connectivity index (χ0v) is 19.1. The van der Waals surface area contributed by atoms with E-state index >= 15 is 0 Å². The molecule has 1 saturated heterocycles. The van der Waals surface area contributed by atoms with Crippen LogP contribution in [0.1, 0.15) is 11.3 Å². The molecule has 0 amide bonds. The van der Waals surface area contributed by atoms with Gasteiger partial charge in [-0.05, 0) is 30.7 Å². The van der Waals surface area contributed by atoms with Gasteiger partial charge in [-0.1, -0.05) is 0 Å². The van der Waals surface area contributed by atoms with Crippen LogP contribution in [0.5, 0.6) is 5.75 Å². The molecule has 10 heteroatoms. The third kappa shape index (κ3) is 4.46. The van der Waals surface area contributed by atoms with Gasteiger partial charge < -0.3 is 19.3 Å². The molecule has 0 spiro atoms. The lowest BCUT2D eigenvalue weighted by molar-refractivity contribution is 0.122. The summed E-state index contributed by atoms with van der Waals surface area (Å²) in [7, 11) is 1.88. The molecule has 2 aliphatic rings. The Bertz CT molecular complexity index is 1020. The number of methoxy groups -OCH3 is 1. The number of aromatic nitrogens is 2. The summed E-state index contributed by atoms with van der Waals surface area (Å²) >= 11 is 0. The minimum absolute atomic E-state index is 0.271. The maximum atomic E-state index is 13.2. The third-order valence-corrected chi connectivity index (χ3v) is 7.60. The standard InChI is InChI=1S/C21H29N5O4S/c1-24(2)20-18-8-10-26(31(27,28)17-6-4-16(29-3)5-7-17)11-9-19(18)22-21(23-20)25-12-14-30-15-13-25/h4-7H,8-15H2,1-3H3. The molecule has 3 heterocycles. The summed E-state index contributed by atoms with van der Waals surface area (Å²) < 4.78 is 38.6. The Balaban J connectivity index is 1.62. The fourth-order valence-electron chi connectivity index (χ4n) is 3.96. The first-order valence-electron chi connectivity index (χ1n) is 10.4. The van der Waals surface area contributed by atoms with E-state index in [4.69, 9.17) is 19.4 Å². The fraction of sp³-hybridized carbons (Fsp3) is 0.524. The van der Waals surface area contributed by atoms with Crippen molar-refractivity contribution in [2.24, 2.45) is 0 Å². The van der Waals surface area contributed by atoms with Crippen molar-refractivity contribution in [2.45, 2.75) is 17.7 Å². The minimum atomic E-state index is -3.60. The van der Waals surface area contributed by atoms with Crippen molar-refractivity contribution in [3.05, 3.63) is 35.5 Å². The summed E-state index contributed by atoms with van der Waals surface area (Å²) in [4.78, 5) is 14.1. The van der Waals surface area contributed by atoms with E-state index in [-0.39, 0.29) is 4.90 Å². The first-order chi connectivity index (χ1) is 14.9. The monoisotopic (exact) mass is 447 g/mol. The van der Waals surface area contributed by atoms with Crippen molar-refractivity contribution in [1.29, 1.82) is 0 Å². The molecule has 0 N–H and O–H groups in total. The molecule has 0 aliphatic carbocycles. The van der Waals surface area contributed by atoms with Crippen molar-refractivity contribution >= 4 is 21.8 Å². The van der Waals surface area contributed by atoms with Crippen LogP contribution in [-0.2, 0) is 27.6 Å². The molecule has 0 atom stereocenters. The topological polar surface area (TPSA) is 88.1 Å². The number of morpholine rings is 1. The Hall–Kier alpha value is -2.43. The van der Waals surface area contributed by atoms with Gasteiger partial charge in [-0.2, -0.15) is 9.29 Å². The van der Waals surface area contributed by atoms with Crippen LogP contribution in [0.4, 0.5) is 11.8 Å². The van der Waals surface area contributed by atoms with Crippen molar-refractivity contribution in [1.82, 2.24) is 14.3 Å². The number of sulfonamides is 1. The van der Waals surface area contributed by atoms with Gasteiger partial charge in [-0.25, -0.2) is 13.4 Å². The van der Waals surface area contributed by atoms with Gasteiger partial charge in [-0.15, -0.1) is 0 Å². The smallest absolute Gasteiger partial charge is 0.243 e. The molecule has 2 aromatic rings. The second-order valence-electron chi connectivity index (χ2n) is 7.85. The van der Waals surface area contributed by atoms with Gasteiger partial charge in [0.25, 0.3) is 0 Å². The van der Waals surface area contributed by atoms with E-state index in [0.717, 1.165) is 30.2 Å². The van der Waals surface area contributed by atoms with Crippen LogP contribution in [-0.4, -0.2) is 83.3 Å². The van der Waals surface area contributed by atoms with E-state index in [1.165, 1.54) is 0 Å². The highest BCUT2D eigenvalue weighted by molar-refractivity contribution is 7.89. The summed E-state index contributed by atoms with van der Waals surface area (Å²) in [5.41, 5.74) is 1.95. The molecule has 168 valence electrons. The maximum Gasteiger partial charge on any atom is 0.243 e. The van der Waals surface area contributed by atoms with Gasteiger partial charge in [0.05, 0.1) is 30.9 Å². The van der Waals surface area contributed by atoms with Crippen LogP contribution in [0, 0.1) is 0 Å². The van der Waals surface area contributed by atoms with E-state index in [2.05, 4.69) is 4.90 Å². The number of anilines is 2. The maximum absolute atomic E-state index is 13.2. The molecular weight excluding hydrogens is 418 g/mol. The highest BCUT2D eigenvalue weighted by Crippen LogP contribution is 2.28. The first-order valence-corrected chi connectivity index (χ1v) is 11.9. The molecule has 1 aromatic heterocycles. The van der Waals surface area contributed by atoms with Crippen molar-refractivity contribution in [2.75, 3.05) is 70.4 Å². The predicted octanol–water partition coefficient (Wildman–Crippen LogP) is 1.18. The molecule has 0 unspecified atom stereocenters. The predicted molar refractivity (Wildman–Crippen MR) is 119 cm³/mol. The van der Waals surface area contributed by atoms with E-state index in [0.29, 0.717) is 50.8 Å². The second kappa shape index (κ2) is 8.97. The molecule has 1 aromatic carbocycles. The van der Waals surface area contributed by atoms with Crippen LogP contribution < -0.4 is 14.5 Å². The van der Waals surface area contributed by atoms with Gasteiger partial charge in [0.15, 0.2) is 0 Å². The number of hydrogen-bond donors (Lipinski definition) is 0. The quantitative estimate of drug-likeness (QED) is 0.675. The number of ether oxygens (including phenoxy) is 2. The van der Waals surface area contributed by atoms with Gasteiger partial charge in [0, 0.05) is 52.3 Å². The number of hydrogen-bond acceptors (Lipinski definition) is 8. The van der Waals surface area contributed by atoms with E-state index < -0.39 is 10.0 Å². The van der Waals surface area contributed by atoms with Crippen LogP contribution in [0.3, 0.4) is 0 Å². The third-order valence-electron chi connectivity index (χ3n) is 5.68. The Kier molecular flexibility index (Phi) is 6.31. The van der Waals surface area contributed by atoms with Crippen LogP contribution in [0.2, 0.25) is 0 Å². The SMILES string of the molecule is COc1ccc(S(=O)(=O)N2CCc3nc(N4CCOCC4)nc(N(C)C)c3CC2)cc1. The Morgan fingerprint density at radius 2 is 1.68 bits per heavy atom. The second-order valence-corrected chi connectivity index (χ2v) is 9.78. The number of fused-ring (bicyclic) bond motifs is 1. The molecule has 31 heavy (non-hydrogen) atoms. The first kappa shape index (κ1) is 21.8. The van der Waals surface area contributed by atoms with E-state index in [9.17, 15) is 8.42 Å². The molecule has 9 nitrogen and oxygen atoms in total. The average Bonchev–Trinajstić information content (AvgIpc) is 3.02. The molecule has 0 saturated carbocycles. The number of benzene rings is 1. The van der Waals surface area contributed by atoms with Crippen LogP contribution >= 0.6 is 0 Å². The lowest BCUT2D eigenvalue weighted by atomic mass is 10.1. The Morgan fingerprint density at radius 1 is 1.00 bits per heavy atom. The Labute approximate surface area is 183 Å². The van der Waals surface area contributed by atoms with Crippen molar-refractivity contribution in [3.63, 3.8) is 0 Å². The zero-order chi connectivity index (χ0) is 22.0.